The van der Waals surface area contributed by atoms with E-state index in [2.05, 4.69) is 55.5 Å². The Morgan fingerprint density at radius 3 is 2.74 bits per heavy atom. The molecule has 34 heavy (non-hydrogen) atoms. The van der Waals surface area contributed by atoms with Crippen LogP contribution in [0.25, 0.3) is 16.6 Å². The second kappa shape index (κ2) is 12.2. The predicted octanol–water partition coefficient (Wildman–Crippen LogP) is 5.55. The molecule has 0 spiro atoms. The monoisotopic (exact) mass is 544 g/mol. The van der Waals surface area contributed by atoms with E-state index in [1.807, 2.05) is 31.1 Å². The molecule has 0 atom stereocenters. The van der Waals surface area contributed by atoms with E-state index in [9.17, 15) is 4.79 Å². The van der Waals surface area contributed by atoms with Gasteiger partial charge in [-0.3, -0.25) is 14.7 Å². The Kier molecular flexibility index (Phi) is 9.03. The van der Waals surface area contributed by atoms with Gasteiger partial charge in [0.15, 0.2) is 0 Å². The second-order valence-electron chi connectivity index (χ2n) is 8.57. The van der Waals surface area contributed by atoms with Gasteiger partial charge in [-0.25, -0.2) is 4.52 Å². The zero-order chi connectivity index (χ0) is 23.9. The molecule has 1 fully saturated rings. The van der Waals surface area contributed by atoms with Crippen molar-refractivity contribution in [2.24, 2.45) is 0 Å². The number of aryl methyl sites for hydroxylation is 1. The van der Waals surface area contributed by atoms with Crippen LogP contribution in [0.5, 0.6) is 0 Å². The van der Waals surface area contributed by atoms with Gasteiger partial charge >= 0.3 is 5.97 Å². The van der Waals surface area contributed by atoms with Gasteiger partial charge in [0.2, 0.25) is 0 Å². The predicted molar refractivity (Wildman–Crippen MR) is 142 cm³/mol. The Morgan fingerprint density at radius 2 is 2.00 bits per heavy atom. The highest BCUT2D eigenvalue weighted by atomic mass is 79.9. The molecule has 0 amide bonds. The fourth-order valence-electron chi connectivity index (χ4n) is 4.57. The average Bonchev–Trinajstić information content (AvgIpc) is 3.25. The number of hydrogen-bond acceptors (Lipinski definition) is 6. The summed E-state index contributed by atoms with van der Waals surface area (Å²) in [5.74, 6) is 2.23. The van der Waals surface area contributed by atoms with Crippen molar-refractivity contribution >= 4 is 39.2 Å². The van der Waals surface area contributed by atoms with Gasteiger partial charge < -0.3 is 4.74 Å². The summed E-state index contributed by atoms with van der Waals surface area (Å²) in [5, 5.41) is 5.20. The molecule has 1 saturated heterocycles. The quantitative estimate of drug-likeness (QED) is 0.246. The van der Waals surface area contributed by atoms with Crippen LogP contribution in [0.2, 0.25) is 0 Å². The van der Waals surface area contributed by atoms with Crippen LogP contribution < -0.4 is 0 Å². The van der Waals surface area contributed by atoms with E-state index in [1.54, 1.807) is 0 Å². The van der Waals surface area contributed by atoms with Crippen LogP contribution in [0.4, 0.5) is 0 Å². The van der Waals surface area contributed by atoms with Crippen molar-refractivity contribution < 1.29 is 9.53 Å². The number of nitrogens with zero attached hydrogens (tertiary/aromatic N) is 4. The van der Waals surface area contributed by atoms with E-state index in [1.165, 1.54) is 28.3 Å². The van der Waals surface area contributed by atoms with Crippen LogP contribution in [0.15, 0.2) is 35.1 Å². The molecular formula is C26H33BrN4O2S. The Bertz CT molecular complexity index is 1130. The number of thioether (sulfide) groups is 1. The molecule has 4 heterocycles. The van der Waals surface area contributed by atoms with Crippen molar-refractivity contribution in [3.8, 4) is 11.1 Å². The summed E-state index contributed by atoms with van der Waals surface area (Å²) in [6, 6.07) is 6.51. The average molecular weight is 546 g/mol. The maximum Gasteiger partial charge on any atom is 0.305 e. The van der Waals surface area contributed by atoms with Crippen LogP contribution in [-0.4, -0.2) is 56.7 Å². The van der Waals surface area contributed by atoms with Crippen molar-refractivity contribution in [3.63, 3.8) is 0 Å². The number of rotatable bonds is 10. The number of fused-ring (bicyclic) bond motifs is 1. The van der Waals surface area contributed by atoms with Crippen molar-refractivity contribution in [1.29, 1.82) is 0 Å². The lowest BCUT2D eigenvalue weighted by Gasteiger charge is -2.27. The topological polar surface area (TPSA) is 59.7 Å². The van der Waals surface area contributed by atoms with Gasteiger partial charge in [0.05, 0.1) is 17.8 Å². The third-order valence-corrected chi connectivity index (χ3v) is 7.63. The standard InChI is InChI=1S/C26H33BrN4O2S/c1-3-21-9-10-24-26(19-15-20(27)17-28-16-19)22(7-5-6-8-25(32)33-4-2)23(29-31(21)24)18-30-11-13-34-14-12-30/h9-10,15-17H,3-8,11-14,18H2,1-2H3. The second-order valence-corrected chi connectivity index (χ2v) is 10.7. The highest BCUT2D eigenvalue weighted by Gasteiger charge is 2.21. The highest BCUT2D eigenvalue weighted by Crippen LogP contribution is 2.34. The van der Waals surface area contributed by atoms with Gasteiger partial charge in [-0.1, -0.05) is 6.92 Å². The molecule has 3 aromatic rings. The molecular weight excluding hydrogens is 512 g/mol. The Hall–Kier alpha value is -1.90. The summed E-state index contributed by atoms with van der Waals surface area (Å²) in [5.41, 5.74) is 7.05. The Balaban J connectivity index is 1.76. The molecule has 6 nitrogen and oxygen atoms in total. The van der Waals surface area contributed by atoms with Gasteiger partial charge in [0.1, 0.15) is 0 Å². The number of esters is 1. The van der Waals surface area contributed by atoms with Gasteiger partial charge in [-0.05, 0) is 72.3 Å². The maximum absolute atomic E-state index is 11.9. The molecule has 0 bridgehead atoms. The molecule has 0 radical (unpaired) electrons. The third kappa shape index (κ3) is 6.01. The zero-order valence-corrected chi connectivity index (χ0v) is 22.5. The molecule has 8 heteroatoms. The largest absolute Gasteiger partial charge is 0.466 e. The minimum Gasteiger partial charge on any atom is -0.466 e. The summed E-state index contributed by atoms with van der Waals surface area (Å²) in [4.78, 5) is 18.8. The molecule has 0 aliphatic carbocycles. The lowest BCUT2D eigenvalue weighted by molar-refractivity contribution is -0.143. The SMILES string of the molecule is CCOC(=O)CCCCc1c(CN2CCSCC2)nn2c(CC)ccc2c1-c1cncc(Br)c1. The Labute approximate surface area is 214 Å². The molecule has 4 rings (SSSR count). The van der Waals surface area contributed by atoms with Crippen LogP contribution >= 0.6 is 27.7 Å². The van der Waals surface area contributed by atoms with E-state index >= 15 is 0 Å². The lowest BCUT2D eigenvalue weighted by atomic mass is 9.95. The summed E-state index contributed by atoms with van der Waals surface area (Å²) in [6.07, 6.45) is 7.74. The molecule has 0 saturated carbocycles. The number of carbonyl (C=O) groups excluding carboxylic acids is 1. The Morgan fingerprint density at radius 1 is 1.18 bits per heavy atom. The lowest BCUT2D eigenvalue weighted by Crippen LogP contribution is -2.33. The molecule has 3 aromatic heterocycles. The molecule has 1 aliphatic rings. The fraction of sp³-hybridized carbons (Fsp3) is 0.500. The number of unbranched alkanes of at least 4 members (excludes halogenated alkanes) is 1. The number of aromatic nitrogens is 3. The number of hydrogen-bond donors (Lipinski definition) is 0. The van der Waals surface area contributed by atoms with Crippen LogP contribution in [-0.2, 0) is 28.9 Å². The molecule has 1 aliphatic heterocycles. The first-order valence-corrected chi connectivity index (χ1v) is 14.1. The number of ether oxygens (including phenoxy) is 1. The van der Waals surface area contributed by atoms with Crippen molar-refractivity contribution in [2.75, 3.05) is 31.2 Å². The summed E-state index contributed by atoms with van der Waals surface area (Å²) < 4.78 is 8.22. The number of pyridine rings is 1. The minimum absolute atomic E-state index is 0.113. The minimum atomic E-state index is -0.113. The van der Waals surface area contributed by atoms with E-state index in [0.717, 1.165) is 66.6 Å². The number of halogens is 1. The van der Waals surface area contributed by atoms with Gasteiger partial charge in [-0.2, -0.15) is 16.9 Å². The van der Waals surface area contributed by atoms with E-state index < -0.39 is 0 Å². The maximum atomic E-state index is 11.9. The van der Waals surface area contributed by atoms with Crippen molar-refractivity contribution in [1.82, 2.24) is 19.5 Å². The highest BCUT2D eigenvalue weighted by molar-refractivity contribution is 9.10. The molecule has 182 valence electrons. The van der Waals surface area contributed by atoms with Crippen LogP contribution in [0.1, 0.15) is 50.1 Å². The molecule has 0 unspecified atom stereocenters. The van der Waals surface area contributed by atoms with Crippen molar-refractivity contribution in [3.05, 3.63) is 52.0 Å². The molecule has 0 N–H and O–H groups in total. The van der Waals surface area contributed by atoms with E-state index in [4.69, 9.17) is 9.84 Å². The zero-order valence-electron chi connectivity index (χ0n) is 20.1. The number of carbonyl (C=O) groups is 1. The summed E-state index contributed by atoms with van der Waals surface area (Å²) in [6.45, 7) is 7.49. The molecule has 0 aromatic carbocycles. The summed E-state index contributed by atoms with van der Waals surface area (Å²) >= 11 is 5.64. The smallest absolute Gasteiger partial charge is 0.305 e. The summed E-state index contributed by atoms with van der Waals surface area (Å²) in [7, 11) is 0. The normalized spacial score (nSPS) is 14.6. The van der Waals surface area contributed by atoms with Crippen LogP contribution in [0.3, 0.4) is 0 Å². The van der Waals surface area contributed by atoms with Crippen LogP contribution in [0, 0.1) is 0 Å². The van der Waals surface area contributed by atoms with Crippen molar-refractivity contribution in [2.45, 2.75) is 52.5 Å². The van der Waals surface area contributed by atoms with Gasteiger partial charge in [0, 0.05) is 71.2 Å². The first-order valence-electron chi connectivity index (χ1n) is 12.2. The first-order chi connectivity index (χ1) is 16.6. The van der Waals surface area contributed by atoms with E-state index in [-0.39, 0.29) is 5.97 Å². The van der Waals surface area contributed by atoms with Gasteiger partial charge in [-0.15, -0.1) is 0 Å². The third-order valence-electron chi connectivity index (χ3n) is 6.26. The van der Waals surface area contributed by atoms with Gasteiger partial charge in [0.25, 0.3) is 0 Å². The fourth-order valence-corrected chi connectivity index (χ4v) is 5.91. The first kappa shape index (κ1) is 25.2. The van der Waals surface area contributed by atoms with E-state index in [0.29, 0.717) is 13.0 Å².